The van der Waals surface area contributed by atoms with Crippen LogP contribution in [0.1, 0.15) is 39.1 Å². The van der Waals surface area contributed by atoms with E-state index in [0.717, 1.165) is 18.4 Å². The van der Waals surface area contributed by atoms with Crippen molar-refractivity contribution in [3.63, 3.8) is 0 Å². The smallest absolute Gasteiger partial charge is 0.339 e. The molecule has 1 aliphatic carbocycles. The van der Waals surface area contributed by atoms with E-state index in [2.05, 4.69) is 4.74 Å². The molecule has 2 rings (SSSR count). The Labute approximate surface area is 98.4 Å². The normalized spacial score (nSPS) is 14.5. The van der Waals surface area contributed by atoms with E-state index in [1.54, 1.807) is 12.1 Å². The molecule has 0 aromatic heterocycles. The van der Waals surface area contributed by atoms with Crippen molar-refractivity contribution in [2.45, 2.75) is 19.3 Å². The Kier molecular flexibility index (Phi) is 2.97. The van der Waals surface area contributed by atoms with Crippen molar-refractivity contribution in [1.29, 1.82) is 0 Å². The molecule has 0 N–H and O–H groups in total. The fourth-order valence-corrected chi connectivity index (χ4v) is 2.32. The van der Waals surface area contributed by atoms with E-state index >= 15 is 0 Å². The third-order valence-corrected chi connectivity index (χ3v) is 3.15. The first-order valence-corrected chi connectivity index (χ1v) is 5.46. The largest absolute Gasteiger partial charge is 0.465 e. The highest BCUT2D eigenvalue weighted by molar-refractivity contribution is 6.37. The molecule has 0 bridgehead atoms. The molecule has 1 aromatic carbocycles. The molecule has 0 spiro atoms. The van der Waals surface area contributed by atoms with Crippen LogP contribution in [0.4, 0.5) is 0 Å². The zero-order chi connectivity index (χ0) is 11.7. The molecule has 1 aromatic rings. The van der Waals surface area contributed by atoms with Crippen molar-refractivity contribution < 1.29 is 14.3 Å². The molecular weight excluding hydrogens is 228 g/mol. The molecule has 4 heteroatoms. The average molecular weight is 239 g/mol. The summed E-state index contributed by atoms with van der Waals surface area (Å²) in [5, 5.41) is 0.231. The van der Waals surface area contributed by atoms with Gasteiger partial charge in [-0.3, -0.25) is 4.79 Å². The molecule has 0 aliphatic heterocycles. The van der Waals surface area contributed by atoms with Crippen molar-refractivity contribution in [3.05, 3.63) is 33.8 Å². The molecule has 0 radical (unpaired) electrons. The molecule has 0 unspecified atom stereocenters. The van der Waals surface area contributed by atoms with Crippen LogP contribution in [0.2, 0.25) is 5.02 Å². The standard InChI is InChI=1S/C12H11ClO3/c1-16-12(15)8-6-5-7-3-2-4-9(14)10(7)11(8)13/h5-6H,2-4H2,1H3. The maximum absolute atomic E-state index is 11.7. The molecule has 0 amide bonds. The lowest BCUT2D eigenvalue weighted by Gasteiger charge is -2.17. The van der Waals surface area contributed by atoms with Crippen molar-refractivity contribution in [2.24, 2.45) is 0 Å². The van der Waals surface area contributed by atoms with Gasteiger partial charge in [-0.1, -0.05) is 17.7 Å². The van der Waals surface area contributed by atoms with Gasteiger partial charge in [-0.05, 0) is 24.5 Å². The van der Waals surface area contributed by atoms with Gasteiger partial charge in [0.1, 0.15) is 0 Å². The molecule has 0 heterocycles. The van der Waals surface area contributed by atoms with Gasteiger partial charge in [-0.2, -0.15) is 0 Å². The Morgan fingerprint density at radius 2 is 2.12 bits per heavy atom. The molecule has 1 aliphatic rings. The lowest BCUT2D eigenvalue weighted by atomic mass is 9.89. The van der Waals surface area contributed by atoms with Crippen LogP contribution in [0.5, 0.6) is 0 Å². The van der Waals surface area contributed by atoms with Gasteiger partial charge in [0.25, 0.3) is 0 Å². The number of methoxy groups -OCH3 is 1. The van der Waals surface area contributed by atoms with Gasteiger partial charge in [0.15, 0.2) is 5.78 Å². The number of esters is 1. The molecule has 84 valence electrons. The Balaban J connectivity index is 2.57. The average Bonchev–Trinajstić information content (AvgIpc) is 2.28. The minimum atomic E-state index is -0.508. The predicted octanol–water partition coefficient (Wildman–Crippen LogP) is 2.65. The summed E-state index contributed by atoms with van der Waals surface area (Å²) >= 11 is 6.07. The van der Waals surface area contributed by atoms with E-state index in [-0.39, 0.29) is 16.4 Å². The van der Waals surface area contributed by atoms with Gasteiger partial charge in [0, 0.05) is 12.0 Å². The van der Waals surface area contributed by atoms with Crippen molar-refractivity contribution in [3.8, 4) is 0 Å². The van der Waals surface area contributed by atoms with Gasteiger partial charge < -0.3 is 4.74 Å². The summed E-state index contributed by atoms with van der Waals surface area (Å²) in [4.78, 5) is 23.1. The third-order valence-electron chi connectivity index (χ3n) is 2.76. The lowest BCUT2D eigenvalue weighted by Crippen LogP contribution is -2.14. The van der Waals surface area contributed by atoms with Crippen LogP contribution in [0.15, 0.2) is 12.1 Å². The fourth-order valence-electron chi connectivity index (χ4n) is 1.96. The second-order valence-corrected chi connectivity index (χ2v) is 4.11. The minimum absolute atomic E-state index is 0.0111. The van der Waals surface area contributed by atoms with E-state index in [4.69, 9.17) is 11.6 Å². The van der Waals surface area contributed by atoms with Gasteiger partial charge in [0.2, 0.25) is 0 Å². The number of ether oxygens (including phenoxy) is 1. The van der Waals surface area contributed by atoms with Crippen molar-refractivity contribution >= 4 is 23.4 Å². The number of benzene rings is 1. The van der Waals surface area contributed by atoms with Crippen LogP contribution in [-0.2, 0) is 11.2 Å². The van der Waals surface area contributed by atoms with Crippen LogP contribution in [-0.4, -0.2) is 18.9 Å². The first-order valence-electron chi connectivity index (χ1n) is 5.08. The van der Waals surface area contributed by atoms with Crippen LogP contribution >= 0.6 is 11.6 Å². The highest BCUT2D eigenvalue weighted by atomic mass is 35.5. The van der Waals surface area contributed by atoms with Gasteiger partial charge in [0.05, 0.1) is 17.7 Å². The summed E-state index contributed by atoms with van der Waals surface area (Å²) in [6, 6.07) is 3.40. The Morgan fingerprint density at radius 1 is 1.38 bits per heavy atom. The molecule has 0 saturated heterocycles. The van der Waals surface area contributed by atoms with E-state index in [1.165, 1.54) is 7.11 Å². The van der Waals surface area contributed by atoms with Gasteiger partial charge in [-0.25, -0.2) is 4.79 Å². The monoisotopic (exact) mass is 238 g/mol. The van der Waals surface area contributed by atoms with Crippen LogP contribution in [0.25, 0.3) is 0 Å². The summed E-state index contributed by atoms with van der Waals surface area (Å²) in [5.74, 6) is -0.497. The quantitative estimate of drug-likeness (QED) is 0.707. The summed E-state index contributed by atoms with van der Waals surface area (Å²) < 4.78 is 4.61. The molecular formula is C12H11ClO3. The second-order valence-electron chi connectivity index (χ2n) is 3.73. The maximum atomic E-state index is 11.7. The SMILES string of the molecule is COC(=O)c1ccc2c(c1Cl)C(=O)CCC2. The number of carbonyl (C=O) groups is 2. The summed E-state index contributed by atoms with van der Waals surface area (Å²) in [5.41, 5.74) is 1.68. The first kappa shape index (κ1) is 11.1. The zero-order valence-electron chi connectivity index (χ0n) is 8.88. The molecule has 3 nitrogen and oxygen atoms in total. The van der Waals surface area contributed by atoms with E-state index in [1.807, 2.05) is 0 Å². The van der Waals surface area contributed by atoms with Gasteiger partial charge in [-0.15, -0.1) is 0 Å². The minimum Gasteiger partial charge on any atom is -0.465 e. The molecule has 16 heavy (non-hydrogen) atoms. The van der Waals surface area contributed by atoms with E-state index in [9.17, 15) is 9.59 Å². The number of ketones is 1. The third kappa shape index (κ3) is 1.71. The summed E-state index contributed by atoms with van der Waals surface area (Å²) in [6.45, 7) is 0. The zero-order valence-corrected chi connectivity index (χ0v) is 9.63. The number of halogens is 1. The van der Waals surface area contributed by atoms with E-state index in [0.29, 0.717) is 12.0 Å². The molecule has 0 saturated carbocycles. The number of hydrogen-bond acceptors (Lipinski definition) is 3. The summed E-state index contributed by atoms with van der Waals surface area (Å²) in [6.07, 6.45) is 2.18. The second kappa shape index (κ2) is 4.26. The number of fused-ring (bicyclic) bond motifs is 1. The lowest BCUT2D eigenvalue weighted by molar-refractivity contribution is 0.0601. The van der Waals surface area contributed by atoms with Crippen molar-refractivity contribution in [2.75, 3.05) is 7.11 Å². The topological polar surface area (TPSA) is 43.4 Å². The molecule has 0 atom stereocenters. The summed E-state index contributed by atoms with van der Waals surface area (Å²) in [7, 11) is 1.29. The Bertz CT molecular complexity index is 466. The van der Waals surface area contributed by atoms with Crippen LogP contribution in [0.3, 0.4) is 0 Å². The Morgan fingerprint density at radius 3 is 2.81 bits per heavy atom. The van der Waals surface area contributed by atoms with Crippen molar-refractivity contribution in [1.82, 2.24) is 0 Å². The number of Topliss-reactive ketones (excluding diaryl/α,β-unsaturated/α-hetero) is 1. The number of aryl methyl sites for hydroxylation is 1. The van der Waals surface area contributed by atoms with E-state index < -0.39 is 5.97 Å². The number of rotatable bonds is 1. The fraction of sp³-hybridized carbons (Fsp3) is 0.333. The first-order chi connectivity index (χ1) is 7.65. The highest BCUT2D eigenvalue weighted by Crippen LogP contribution is 2.31. The number of hydrogen-bond donors (Lipinski definition) is 0. The maximum Gasteiger partial charge on any atom is 0.339 e. The highest BCUT2D eigenvalue weighted by Gasteiger charge is 2.24. The van der Waals surface area contributed by atoms with Crippen LogP contribution < -0.4 is 0 Å². The predicted molar refractivity (Wildman–Crippen MR) is 60.1 cm³/mol. The molecule has 0 fully saturated rings. The van der Waals surface area contributed by atoms with Gasteiger partial charge >= 0.3 is 5.97 Å². The van der Waals surface area contributed by atoms with Crippen LogP contribution in [0, 0.1) is 0 Å². The number of carbonyl (C=O) groups excluding carboxylic acids is 2. The Hall–Kier alpha value is -1.35.